The van der Waals surface area contributed by atoms with E-state index in [1.165, 1.54) is 0 Å². The lowest BCUT2D eigenvalue weighted by atomic mass is 10.1. The number of hydrogen-bond acceptors (Lipinski definition) is 3. The summed E-state index contributed by atoms with van der Waals surface area (Å²) in [4.78, 5) is 16.8. The molecule has 1 N–H and O–H groups in total. The average Bonchev–Trinajstić information content (AvgIpc) is 2.33. The highest BCUT2D eigenvalue weighted by Gasteiger charge is 2.16. The summed E-state index contributed by atoms with van der Waals surface area (Å²) in [7, 11) is 0. The highest BCUT2D eigenvalue weighted by molar-refractivity contribution is 9.09. The quantitative estimate of drug-likeness (QED) is 0.866. The fourth-order valence-corrected chi connectivity index (χ4v) is 2.45. The number of fused-ring (bicyclic) bond motifs is 1. The van der Waals surface area contributed by atoms with Gasteiger partial charge in [-0.1, -0.05) is 22.9 Å². The Morgan fingerprint density at radius 2 is 2.29 bits per heavy atom. The first-order valence-electron chi connectivity index (χ1n) is 5.70. The van der Waals surface area contributed by atoms with Crippen LogP contribution in [-0.2, 0) is 19.4 Å². The molecule has 6 heteroatoms. The van der Waals surface area contributed by atoms with Crippen LogP contribution in [-0.4, -0.2) is 21.4 Å². The predicted molar refractivity (Wildman–Crippen MR) is 75.7 cm³/mol. The Hall–Kier alpha value is -0.550. The summed E-state index contributed by atoms with van der Waals surface area (Å²) in [6, 6.07) is 0. The van der Waals surface area contributed by atoms with Crippen molar-refractivity contribution in [1.82, 2.24) is 9.55 Å². The SMILES string of the molecule is CCc1nc2n(c(=O)c1CCBr)CCCN2.Cl. The zero-order valence-corrected chi connectivity index (χ0v) is 12.2. The van der Waals surface area contributed by atoms with E-state index in [0.717, 1.165) is 54.9 Å². The van der Waals surface area contributed by atoms with Crippen LogP contribution in [0, 0.1) is 0 Å². The standard InChI is InChI=1S/C11H16BrN3O.ClH/c1-2-9-8(4-5-12)10(16)15-7-3-6-13-11(15)14-9;/h2-7H2,1H3,(H,13,14);1H. The lowest BCUT2D eigenvalue weighted by Crippen LogP contribution is -2.33. The van der Waals surface area contributed by atoms with Crippen molar-refractivity contribution in [2.24, 2.45) is 0 Å². The molecular formula is C11H17BrClN3O. The van der Waals surface area contributed by atoms with Crippen molar-refractivity contribution in [2.75, 3.05) is 17.2 Å². The molecule has 2 rings (SSSR count). The number of alkyl halides is 1. The fraction of sp³-hybridized carbons (Fsp3) is 0.636. The molecule has 1 aromatic rings. The molecule has 1 aliphatic rings. The number of hydrogen-bond donors (Lipinski definition) is 1. The molecule has 0 spiro atoms. The summed E-state index contributed by atoms with van der Waals surface area (Å²) in [5.41, 5.74) is 1.94. The van der Waals surface area contributed by atoms with E-state index in [-0.39, 0.29) is 18.0 Å². The van der Waals surface area contributed by atoms with E-state index in [4.69, 9.17) is 0 Å². The van der Waals surface area contributed by atoms with Crippen molar-refractivity contribution < 1.29 is 0 Å². The van der Waals surface area contributed by atoms with E-state index in [1.54, 1.807) is 4.57 Å². The number of anilines is 1. The molecule has 0 amide bonds. The largest absolute Gasteiger partial charge is 0.355 e. The van der Waals surface area contributed by atoms with Gasteiger partial charge in [0.2, 0.25) is 5.95 Å². The lowest BCUT2D eigenvalue weighted by Gasteiger charge is -2.21. The molecule has 0 saturated heterocycles. The summed E-state index contributed by atoms with van der Waals surface area (Å²) in [5, 5.41) is 4.00. The zero-order valence-electron chi connectivity index (χ0n) is 9.83. The molecule has 0 bridgehead atoms. The lowest BCUT2D eigenvalue weighted by molar-refractivity contribution is 0.586. The van der Waals surface area contributed by atoms with E-state index in [0.29, 0.717) is 0 Å². The van der Waals surface area contributed by atoms with Crippen molar-refractivity contribution in [3.05, 3.63) is 21.6 Å². The number of rotatable bonds is 3. The van der Waals surface area contributed by atoms with Crippen LogP contribution in [0.1, 0.15) is 24.6 Å². The van der Waals surface area contributed by atoms with Crippen molar-refractivity contribution in [1.29, 1.82) is 0 Å². The molecule has 0 atom stereocenters. The molecule has 0 radical (unpaired) electrons. The summed E-state index contributed by atoms with van der Waals surface area (Å²) < 4.78 is 1.76. The minimum Gasteiger partial charge on any atom is -0.355 e. The molecule has 1 aliphatic heterocycles. The van der Waals surface area contributed by atoms with Gasteiger partial charge in [0, 0.05) is 24.0 Å². The molecule has 0 unspecified atom stereocenters. The molecule has 0 aromatic carbocycles. The smallest absolute Gasteiger partial charge is 0.258 e. The maximum atomic E-state index is 12.2. The Kier molecular flexibility index (Phi) is 5.46. The van der Waals surface area contributed by atoms with Crippen molar-refractivity contribution >= 4 is 34.3 Å². The third kappa shape index (κ3) is 2.83. The number of nitrogens with one attached hydrogen (secondary N) is 1. The first-order chi connectivity index (χ1) is 7.77. The Bertz CT molecular complexity index is 447. The van der Waals surface area contributed by atoms with Gasteiger partial charge >= 0.3 is 0 Å². The Labute approximate surface area is 115 Å². The van der Waals surface area contributed by atoms with Gasteiger partial charge in [-0.2, -0.15) is 0 Å². The second-order valence-corrected chi connectivity index (χ2v) is 4.68. The fourth-order valence-electron chi connectivity index (χ4n) is 2.06. The van der Waals surface area contributed by atoms with Crippen LogP contribution < -0.4 is 10.9 Å². The highest BCUT2D eigenvalue weighted by Crippen LogP contribution is 2.13. The number of aryl methyl sites for hydroxylation is 1. The third-order valence-electron chi connectivity index (χ3n) is 2.87. The molecule has 17 heavy (non-hydrogen) atoms. The van der Waals surface area contributed by atoms with E-state index >= 15 is 0 Å². The summed E-state index contributed by atoms with van der Waals surface area (Å²) in [6.07, 6.45) is 2.57. The van der Waals surface area contributed by atoms with Crippen molar-refractivity contribution in [2.45, 2.75) is 32.7 Å². The van der Waals surface area contributed by atoms with Crippen LogP contribution in [0.25, 0.3) is 0 Å². The average molecular weight is 323 g/mol. The highest BCUT2D eigenvalue weighted by atomic mass is 79.9. The maximum absolute atomic E-state index is 12.2. The zero-order chi connectivity index (χ0) is 11.5. The molecule has 0 fully saturated rings. The van der Waals surface area contributed by atoms with Crippen LogP contribution in [0.5, 0.6) is 0 Å². The van der Waals surface area contributed by atoms with Gasteiger partial charge in [0.05, 0.1) is 5.69 Å². The Morgan fingerprint density at radius 3 is 2.94 bits per heavy atom. The molecule has 0 aliphatic carbocycles. The molecule has 0 saturated carbocycles. The predicted octanol–water partition coefficient (Wildman–Crippen LogP) is 1.98. The molecule has 96 valence electrons. The van der Waals surface area contributed by atoms with E-state index in [2.05, 4.69) is 26.2 Å². The van der Waals surface area contributed by atoms with Crippen LogP contribution in [0.15, 0.2) is 4.79 Å². The van der Waals surface area contributed by atoms with Crippen molar-refractivity contribution in [3.63, 3.8) is 0 Å². The number of nitrogens with zero attached hydrogens (tertiary/aromatic N) is 2. The van der Waals surface area contributed by atoms with Gasteiger partial charge in [-0.3, -0.25) is 9.36 Å². The minimum absolute atomic E-state index is 0. The van der Waals surface area contributed by atoms with E-state index < -0.39 is 0 Å². The van der Waals surface area contributed by atoms with Crippen LogP contribution >= 0.6 is 28.3 Å². The van der Waals surface area contributed by atoms with Gasteiger partial charge in [0.1, 0.15) is 0 Å². The van der Waals surface area contributed by atoms with Gasteiger partial charge in [0.25, 0.3) is 5.56 Å². The van der Waals surface area contributed by atoms with Crippen LogP contribution in [0.3, 0.4) is 0 Å². The second-order valence-electron chi connectivity index (χ2n) is 3.89. The van der Waals surface area contributed by atoms with E-state index in [9.17, 15) is 4.79 Å². The van der Waals surface area contributed by atoms with Gasteiger partial charge in [-0.25, -0.2) is 4.98 Å². The van der Waals surface area contributed by atoms with Gasteiger partial charge in [0.15, 0.2) is 0 Å². The second kappa shape index (κ2) is 6.40. The Balaban J connectivity index is 0.00000144. The monoisotopic (exact) mass is 321 g/mol. The van der Waals surface area contributed by atoms with Crippen LogP contribution in [0.4, 0.5) is 5.95 Å². The topological polar surface area (TPSA) is 46.9 Å². The number of aromatic nitrogens is 2. The Morgan fingerprint density at radius 1 is 1.53 bits per heavy atom. The maximum Gasteiger partial charge on any atom is 0.258 e. The summed E-state index contributed by atoms with van der Waals surface area (Å²) in [6.45, 7) is 3.74. The normalized spacial score (nSPS) is 13.5. The minimum atomic E-state index is 0. The molecule has 4 nitrogen and oxygen atoms in total. The van der Waals surface area contributed by atoms with Gasteiger partial charge < -0.3 is 5.32 Å². The number of halogens is 2. The molecule has 2 heterocycles. The first-order valence-corrected chi connectivity index (χ1v) is 6.82. The van der Waals surface area contributed by atoms with Gasteiger partial charge in [-0.15, -0.1) is 12.4 Å². The first kappa shape index (κ1) is 14.5. The van der Waals surface area contributed by atoms with Crippen molar-refractivity contribution in [3.8, 4) is 0 Å². The van der Waals surface area contributed by atoms with E-state index in [1.807, 2.05) is 6.92 Å². The molecule has 1 aromatic heterocycles. The summed E-state index contributed by atoms with van der Waals surface area (Å²) in [5.74, 6) is 0.742. The summed E-state index contributed by atoms with van der Waals surface area (Å²) >= 11 is 3.39. The van der Waals surface area contributed by atoms with Gasteiger partial charge in [-0.05, 0) is 19.3 Å². The molecular weight excluding hydrogens is 305 g/mol. The third-order valence-corrected chi connectivity index (χ3v) is 3.27. The van der Waals surface area contributed by atoms with Crippen LogP contribution in [0.2, 0.25) is 0 Å².